The van der Waals surface area contributed by atoms with Crippen molar-refractivity contribution in [3.8, 4) is 22.8 Å². The van der Waals surface area contributed by atoms with E-state index in [1.807, 2.05) is 41.8 Å². The molecule has 3 aromatic rings. The Morgan fingerprint density at radius 2 is 1.85 bits per heavy atom. The number of nitrogens with one attached hydrogen (secondary N) is 1. The summed E-state index contributed by atoms with van der Waals surface area (Å²) in [4.78, 5) is 16.7. The van der Waals surface area contributed by atoms with Crippen LogP contribution in [0.25, 0.3) is 11.3 Å². The number of methoxy groups -OCH3 is 2. The summed E-state index contributed by atoms with van der Waals surface area (Å²) in [6.45, 7) is 0. The summed E-state index contributed by atoms with van der Waals surface area (Å²) in [5, 5.41) is 5.40. The molecule has 0 saturated carbocycles. The van der Waals surface area contributed by atoms with Gasteiger partial charge in [0.1, 0.15) is 0 Å². The van der Waals surface area contributed by atoms with E-state index in [2.05, 4.69) is 22.4 Å². The molecule has 0 unspecified atom stereocenters. The molecule has 0 aliphatic rings. The lowest BCUT2D eigenvalue weighted by Gasteiger charge is -2.08. The van der Waals surface area contributed by atoms with E-state index in [9.17, 15) is 4.79 Å². The quantitative estimate of drug-likeness (QED) is 0.609. The first-order valence-corrected chi connectivity index (χ1v) is 9.59. The summed E-state index contributed by atoms with van der Waals surface area (Å²) in [6, 6.07) is 15.8. The SMILES string of the molecule is COc1ccc(-c2csc(NC(=O)CCCc3ccccc3)n2)cc1OC. The van der Waals surface area contributed by atoms with E-state index in [0.717, 1.165) is 24.1 Å². The van der Waals surface area contributed by atoms with Gasteiger partial charge in [0.25, 0.3) is 0 Å². The number of carbonyl (C=O) groups excluding carboxylic acids is 1. The molecule has 0 bridgehead atoms. The van der Waals surface area contributed by atoms with Gasteiger partial charge in [-0.2, -0.15) is 0 Å². The van der Waals surface area contributed by atoms with Gasteiger partial charge in [-0.3, -0.25) is 4.79 Å². The standard InChI is InChI=1S/C21H22N2O3S/c1-25-18-12-11-16(13-19(18)26-2)17-14-27-21(22-17)23-20(24)10-6-9-15-7-4-3-5-8-15/h3-5,7-8,11-14H,6,9-10H2,1-2H3,(H,22,23,24). The highest BCUT2D eigenvalue weighted by atomic mass is 32.1. The van der Waals surface area contributed by atoms with Gasteiger partial charge in [0.05, 0.1) is 19.9 Å². The third-order valence-corrected chi connectivity index (χ3v) is 4.90. The monoisotopic (exact) mass is 382 g/mol. The van der Waals surface area contributed by atoms with Crippen LogP contribution in [-0.2, 0) is 11.2 Å². The first kappa shape index (κ1) is 18.9. The van der Waals surface area contributed by atoms with Crippen LogP contribution in [0.4, 0.5) is 5.13 Å². The zero-order valence-corrected chi connectivity index (χ0v) is 16.2. The van der Waals surface area contributed by atoms with E-state index in [0.29, 0.717) is 23.1 Å². The number of aryl methyl sites for hydroxylation is 1. The first-order chi connectivity index (χ1) is 13.2. The molecule has 6 heteroatoms. The smallest absolute Gasteiger partial charge is 0.226 e. The van der Waals surface area contributed by atoms with Crippen molar-refractivity contribution in [1.82, 2.24) is 4.98 Å². The molecule has 1 N–H and O–H groups in total. The number of rotatable bonds is 8. The fraction of sp³-hybridized carbons (Fsp3) is 0.238. The maximum atomic E-state index is 12.2. The minimum atomic E-state index is -0.0147. The average Bonchev–Trinajstić information content (AvgIpc) is 3.16. The van der Waals surface area contributed by atoms with Crippen molar-refractivity contribution in [2.45, 2.75) is 19.3 Å². The summed E-state index contributed by atoms with van der Waals surface area (Å²) < 4.78 is 10.6. The summed E-state index contributed by atoms with van der Waals surface area (Å²) in [5.74, 6) is 1.30. The molecular formula is C21H22N2O3S. The minimum absolute atomic E-state index is 0.0147. The van der Waals surface area contributed by atoms with Crippen molar-refractivity contribution >= 4 is 22.4 Å². The van der Waals surface area contributed by atoms with Crippen molar-refractivity contribution in [1.29, 1.82) is 0 Å². The van der Waals surface area contributed by atoms with E-state index in [1.165, 1.54) is 16.9 Å². The van der Waals surface area contributed by atoms with Crippen LogP contribution in [0.3, 0.4) is 0 Å². The van der Waals surface area contributed by atoms with Gasteiger partial charge in [-0.25, -0.2) is 4.98 Å². The first-order valence-electron chi connectivity index (χ1n) is 8.71. The summed E-state index contributed by atoms with van der Waals surface area (Å²) in [5.41, 5.74) is 2.95. The number of carbonyl (C=O) groups is 1. The van der Waals surface area contributed by atoms with Gasteiger partial charge in [-0.15, -0.1) is 11.3 Å². The molecule has 2 aromatic carbocycles. The Kier molecular flexibility index (Phi) is 6.44. The molecule has 27 heavy (non-hydrogen) atoms. The van der Waals surface area contributed by atoms with E-state index in [4.69, 9.17) is 9.47 Å². The second-order valence-corrected chi connectivity index (χ2v) is 6.85. The number of aromatic nitrogens is 1. The lowest BCUT2D eigenvalue weighted by molar-refractivity contribution is -0.116. The fourth-order valence-electron chi connectivity index (χ4n) is 2.74. The zero-order chi connectivity index (χ0) is 19.1. The number of nitrogens with zero attached hydrogens (tertiary/aromatic N) is 1. The number of thiazole rings is 1. The Bertz CT molecular complexity index is 893. The van der Waals surface area contributed by atoms with Gasteiger partial charge in [-0.1, -0.05) is 30.3 Å². The van der Waals surface area contributed by atoms with Gasteiger partial charge in [0.2, 0.25) is 5.91 Å². The highest BCUT2D eigenvalue weighted by Crippen LogP contribution is 2.33. The Morgan fingerprint density at radius 3 is 2.59 bits per heavy atom. The van der Waals surface area contributed by atoms with Crippen molar-refractivity contribution in [3.05, 3.63) is 59.5 Å². The lowest BCUT2D eigenvalue weighted by Crippen LogP contribution is -2.11. The van der Waals surface area contributed by atoms with Crippen LogP contribution in [-0.4, -0.2) is 25.1 Å². The summed E-state index contributed by atoms with van der Waals surface area (Å²) in [7, 11) is 3.20. The zero-order valence-electron chi connectivity index (χ0n) is 15.4. The van der Waals surface area contributed by atoms with Gasteiger partial charge in [-0.05, 0) is 36.6 Å². The molecule has 3 rings (SSSR count). The van der Waals surface area contributed by atoms with Crippen molar-refractivity contribution in [2.24, 2.45) is 0 Å². The molecule has 0 aliphatic heterocycles. The number of benzene rings is 2. The normalized spacial score (nSPS) is 10.4. The molecule has 0 aliphatic carbocycles. The van der Waals surface area contributed by atoms with Crippen LogP contribution in [0.5, 0.6) is 11.5 Å². The Hall–Kier alpha value is -2.86. The van der Waals surface area contributed by atoms with E-state index < -0.39 is 0 Å². The molecule has 1 heterocycles. The van der Waals surface area contributed by atoms with Crippen LogP contribution in [0.15, 0.2) is 53.9 Å². The molecule has 5 nitrogen and oxygen atoms in total. The van der Waals surface area contributed by atoms with Gasteiger partial charge >= 0.3 is 0 Å². The largest absolute Gasteiger partial charge is 0.493 e. The third-order valence-electron chi connectivity index (χ3n) is 4.14. The maximum absolute atomic E-state index is 12.2. The Morgan fingerprint density at radius 1 is 1.07 bits per heavy atom. The second kappa shape index (κ2) is 9.19. The lowest BCUT2D eigenvalue weighted by atomic mass is 10.1. The number of anilines is 1. The predicted octanol–water partition coefficient (Wildman–Crippen LogP) is 4.79. The summed E-state index contributed by atoms with van der Waals surface area (Å²) in [6.07, 6.45) is 2.17. The van der Waals surface area contributed by atoms with Crippen LogP contribution < -0.4 is 14.8 Å². The van der Waals surface area contributed by atoms with Gasteiger partial charge < -0.3 is 14.8 Å². The van der Waals surface area contributed by atoms with Crippen LogP contribution in [0.1, 0.15) is 18.4 Å². The molecule has 0 radical (unpaired) electrons. The van der Waals surface area contributed by atoms with E-state index in [-0.39, 0.29) is 5.91 Å². The van der Waals surface area contributed by atoms with Crippen molar-refractivity contribution in [2.75, 3.05) is 19.5 Å². The van der Waals surface area contributed by atoms with Crippen LogP contribution in [0.2, 0.25) is 0 Å². The number of hydrogen-bond acceptors (Lipinski definition) is 5. The highest BCUT2D eigenvalue weighted by molar-refractivity contribution is 7.14. The topological polar surface area (TPSA) is 60.5 Å². The maximum Gasteiger partial charge on any atom is 0.226 e. The summed E-state index contributed by atoms with van der Waals surface area (Å²) >= 11 is 1.41. The molecule has 0 fully saturated rings. The molecule has 1 aromatic heterocycles. The molecule has 140 valence electrons. The predicted molar refractivity (Wildman–Crippen MR) is 109 cm³/mol. The van der Waals surface area contributed by atoms with Crippen LogP contribution in [0, 0.1) is 0 Å². The molecule has 1 amide bonds. The second-order valence-electron chi connectivity index (χ2n) is 5.99. The Balaban J connectivity index is 1.56. The highest BCUT2D eigenvalue weighted by Gasteiger charge is 2.11. The van der Waals surface area contributed by atoms with E-state index in [1.54, 1.807) is 14.2 Å². The van der Waals surface area contributed by atoms with Crippen molar-refractivity contribution in [3.63, 3.8) is 0 Å². The fourth-order valence-corrected chi connectivity index (χ4v) is 3.47. The number of amides is 1. The molecule has 0 saturated heterocycles. The molecule has 0 atom stereocenters. The number of ether oxygens (including phenoxy) is 2. The third kappa shape index (κ3) is 5.08. The Labute approximate surface area is 163 Å². The van der Waals surface area contributed by atoms with Gasteiger partial charge in [0.15, 0.2) is 16.6 Å². The van der Waals surface area contributed by atoms with Crippen molar-refractivity contribution < 1.29 is 14.3 Å². The molecule has 0 spiro atoms. The number of hydrogen-bond donors (Lipinski definition) is 1. The van der Waals surface area contributed by atoms with Crippen LogP contribution >= 0.6 is 11.3 Å². The van der Waals surface area contributed by atoms with Gasteiger partial charge in [0, 0.05) is 17.4 Å². The van der Waals surface area contributed by atoms with E-state index >= 15 is 0 Å². The minimum Gasteiger partial charge on any atom is -0.493 e. The average molecular weight is 382 g/mol. The molecular weight excluding hydrogens is 360 g/mol.